The Morgan fingerprint density at radius 1 is 1.65 bits per heavy atom. The summed E-state index contributed by atoms with van der Waals surface area (Å²) in [6.45, 7) is 1.92. The van der Waals surface area contributed by atoms with Gasteiger partial charge in [-0.3, -0.25) is 4.40 Å². The summed E-state index contributed by atoms with van der Waals surface area (Å²) in [5.41, 5.74) is 1.73. The van der Waals surface area contributed by atoms with E-state index in [9.17, 15) is 9.28 Å². The molecule has 0 aliphatic heterocycles. The second-order valence-electron chi connectivity index (χ2n) is 3.07. The van der Waals surface area contributed by atoms with E-state index in [1.807, 2.05) is 0 Å². The Balaban J connectivity index is 2.53. The van der Waals surface area contributed by atoms with Crippen LogP contribution in [0.5, 0.6) is 0 Å². The summed E-state index contributed by atoms with van der Waals surface area (Å²) in [6, 6.07) is 1.41. The van der Waals surface area contributed by atoms with Gasteiger partial charge in [-0.25, -0.2) is 14.8 Å². The van der Waals surface area contributed by atoms with Gasteiger partial charge in [0, 0.05) is 12.3 Å². The summed E-state index contributed by atoms with van der Waals surface area (Å²) in [6.07, 6.45) is 1.32. The van der Waals surface area contributed by atoms with Gasteiger partial charge in [-0.15, -0.1) is 4.48 Å². The molecule has 0 unspecified atom stereocenters. The third kappa shape index (κ3) is 2.14. The highest BCUT2D eigenvalue weighted by Crippen LogP contribution is 2.16. The highest BCUT2D eigenvalue weighted by atomic mass is 35.5. The molecule has 90 valence electrons. The molecule has 2 aromatic rings. The number of carbonyl (C=O) groups is 1. The van der Waals surface area contributed by atoms with Gasteiger partial charge in [0.15, 0.2) is 5.69 Å². The van der Waals surface area contributed by atoms with Crippen molar-refractivity contribution >= 4 is 29.2 Å². The molecular formula is C9H8ClFN4O2. The Morgan fingerprint density at radius 3 is 3.06 bits per heavy atom. The highest BCUT2D eigenvalue weighted by Gasteiger charge is 2.14. The van der Waals surface area contributed by atoms with E-state index < -0.39 is 5.97 Å². The molecule has 0 saturated heterocycles. The number of esters is 1. The molecule has 17 heavy (non-hydrogen) atoms. The Kier molecular flexibility index (Phi) is 3.10. The fraction of sp³-hybridized carbons (Fsp3) is 0.222. The van der Waals surface area contributed by atoms with Crippen LogP contribution in [-0.2, 0) is 4.74 Å². The lowest BCUT2D eigenvalue weighted by Gasteiger charge is -1.99. The third-order valence-electron chi connectivity index (χ3n) is 1.99. The fourth-order valence-corrected chi connectivity index (χ4v) is 1.51. The van der Waals surface area contributed by atoms with E-state index in [1.165, 1.54) is 22.2 Å². The average Bonchev–Trinajstić information content (AvgIpc) is 2.71. The van der Waals surface area contributed by atoms with Crippen LogP contribution in [-0.4, -0.2) is 26.9 Å². The van der Waals surface area contributed by atoms with Crippen LogP contribution in [0, 0.1) is 0 Å². The van der Waals surface area contributed by atoms with E-state index >= 15 is 0 Å². The molecule has 0 spiro atoms. The lowest BCUT2D eigenvalue weighted by Crippen LogP contribution is -2.04. The van der Waals surface area contributed by atoms with E-state index in [0.717, 1.165) is 0 Å². The molecule has 0 saturated carbocycles. The first kappa shape index (κ1) is 11.6. The van der Waals surface area contributed by atoms with Crippen LogP contribution in [0.25, 0.3) is 5.65 Å². The topological polar surface area (TPSA) is 68.5 Å². The zero-order valence-corrected chi connectivity index (χ0v) is 9.53. The van der Waals surface area contributed by atoms with E-state index in [-0.39, 0.29) is 23.4 Å². The SMILES string of the molecule is CCOC(=O)c1cn2c(NF)nc(Cl)cc2n1. The summed E-state index contributed by atoms with van der Waals surface area (Å²) < 4.78 is 18.5. The first-order valence-electron chi connectivity index (χ1n) is 4.75. The second kappa shape index (κ2) is 4.54. The van der Waals surface area contributed by atoms with E-state index in [0.29, 0.717) is 5.65 Å². The minimum absolute atomic E-state index is 0.0624. The predicted octanol–water partition coefficient (Wildman–Crippen LogP) is 1.86. The molecule has 0 radical (unpaired) electrons. The van der Waals surface area contributed by atoms with Crippen molar-refractivity contribution in [1.29, 1.82) is 0 Å². The molecule has 0 aromatic carbocycles. The van der Waals surface area contributed by atoms with Crippen molar-refractivity contribution in [3.63, 3.8) is 0 Å². The van der Waals surface area contributed by atoms with Crippen LogP contribution >= 0.6 is 11.6 Å². The van der Waals surface area contributed by atoms with Crippen LogP contribution in [0.3, 0.4) is 0 Å². The zero-order valence-electron chi connectivity index (χ0n) is 8.78. The minimum atomic E-state index is -0.586. The molecule has 0 amide bonds. The average molecular weight is 259 g/mol. The number of ether oxygens (including phenoxy) is 1. The van der Waals surface area contributed by atoms with Crippen LogP contribution < -0.4 is 5.54 Å². The number of fused-ring (bicyclic) bond motifs is 1. The smallest absolute Gasteiger partial charge is 0.358 e. The van der Waals surface area contributed by atoms with Crippen molar-refractivity contribution < 1.29 is 14.0 Å². The molecule has 8 heteroatoms. The van der Waals surface area contributed by atoms with Crippen molar-refractivity contribution in [1.82, 2.24) is 14.4 Å². The maximum Gasteiger partial charge on any atom is 0.358 e. The molecule has 2 aromatic heterocycles. The predicted molar refractivity (Wildman–Crippen MR) is 58.7 cm³/mol. The van der Waals surface area contributed by atoms with Crippen molar-refractivity contribution in [2.24, 2.45) is 0 Å². The number of carbonyl (C=O) groups excluding carboxylic acids is 1. The summed E-state index contributed by atoms with van der Waals surface area (Å²) in [5.74, 6) is -0.743. The molecule has 2 heterocycles. The Hall–Kier alpha value is -1.89. The van der Waals surface area contributed by atoms with Crippen molar-refractivity contribution in [3.8, 4) is 0 Å². The Bertz CT molecular complexity index is 571. The van der Waals surface area contributed by atoms with Gasteiger partial charge in [0.2, 0.25) is 5.95 Å². The minimum Gasteiger partial charge on any atom is -0.461 e. The molecule has 0 atom stereocenters. The number of halogens is 2. The maximum atomic E-state index is 12.5. The number of hydrogen-bond donors (Lipinski definition) is 1. The Morgan fingerprint density at radius 2 is 2.41 bits per heavy atom. The monoisotopic (exact) mass is 258 g/mol. The molecule has 0 aliphatic carbocycles. The Labute approximate surface area is 100 Å². The molecule has 0 aliphatic rings. The van der Waals surface area contributed by atoms with Gasteiger partial charge in [0.25, 0.3) is 0 Å². The van der Waals surface area contributed by atoms with E-state index in [2.05, 4.69) is 9.97 Å². The van der Waals surface area contributed by atoms with Gasteiger partial charge in [-0.2, -0.15) is 5.54 Å². The largest absolute Gasteiger partial charge is 0.461 e. The normalized spacial score (nSPS) is 10.5. The van der Waals surface area contributed by atoms with E-state index in [4.69, 9.17) is 16.3 Å². The van der Waals surface area contributed by atoms with Gasteiger partial charge in [0.05, 0.1) is 6.61 Å². The number of nitrogens with one attached hydrogen (secondary N) is 1. The first-order valence-corrected chi connectivity index (χ1v) is 5.13. The second-order valence-corrected chi connectivity index (χ2v) is 3.46. The number of aromatic nitrogens is 3. The molecule has 0 fully saturated rings. The number of rotatable bonds is 3. The van der Waals surface area contributed by atoms with Gasteiger partial charge < -0.3 is 4.74 Å². The van der Waals surface area contributed by atoms with Gasteiger partial charge in [-0.05, 0) is 6.92 Å². The van der Waals surface area contributed by atoms with Crippen LogP contribution in [0.15, 0.2) is 12.3 Å². The summed E-state index contributed by atoms with van der Waals surface area (Å²) in [4.78, 5) is 19.1. The van der Waals surface area contributed by atoms with Crippen molar-refractivity contribution in [2.75, 3.05) is 12.1 Å². The zero-order chi connectivity index (χ0) is 12.4. The van der Waals surface area contributed by atoms with Crippen molar-refractivity contribution in [2.45, 2.75) is 6.92 Å². The molecule has 2 rings (SSSR count). The van der Waals surface area contributed by atoms with Crippen molar-refractivity contribution in [3.05, 3.63) is 23.1 Å². The fourth-order valence-electron chi connectivity index (χ4n) is 1.33. The van der Waals surface area contributed by atoms with Crippen LogP contribution in [0.2, 0.25) is 5.15 Å². The third-order valence-corrected chi connectivity index (χ3v) is 2.19. The lowest BCUT2D eigenvalue weighted by atomic mass is 10.5. The summed E-state index contributed by atoms with van der Waals surface area (Å²) in [7, 11) is 0. The number of imidazole rings is 1. The molecular weight excluding hydrogens is 251 g/mol. The highest BCUT2D eigenvalue weighted by molar-refractivity contribution is 6.29. The maximum absolute atomic E-state index is 12.5. The van der Waals surface area contributed by atoms with Gasteiger partial charge in [0.1, 0.15) is 10.8 Å². The number of hydrogen-bond acceptors (Lipinski definition) is 5. The lowest BCUT2D eigenvalue weighted by molar-refractivity contribution is 0.0520. The number of anilines is 1. The molecule has 6 nitrogen and oxygen atoms in total. The number of nitrogens with zero attached hydrogens (tertiary/aromatic N) is 3. The van der Waals surface area contributed by atoms with Gasteiger partial charge in [-0.1, -0.05) is 11.6 Å². The molecule has 1 N–H and O–H groups in total. The van der Waals surface area contributed by atoms with E-state index in [1.54, 1.807) is 6.92 Å². The van der Waals surface area contributed by atoms with Crippen LogP contribution in [0.4, 0.5) is 10.4 Å². The first-order chi connectivity index (χ1) is 8.15. The summed E-state index contributed by atoms with van der Waals surface area (Å²) in [5, 5.41) is 0.0682. The molecule has 0 bridgehead atoms. The quantitative estimate of drug-likeness (QED) is 0.517. The van der Waals surface area contributed by atoms with Gasteiger partial charge >= 0.3 is 5.97 Å². The van der Waals surface area contributed by atoms with Crippen LogP contribution in [0.1, 0.15) is 17.4 Å². The summed E-state index contributed by atoms with van der Waals surface area (Å²) >= 11 is 5.67. The standard InChI is InChI=1S/C9H8ClFN4O2/c1-2-17-8(16)5-4-15-7(12-5)3-6(10)13-9(15)14-11/h3-4H,2H2,1H3,(H,13,14).